The molecule has 1 aromatic rings. The minimum atomic E-state index is -1.58. The molecule has 1 N–H and O–H groups in total. The van der Waals surface area contributed by atoms with E-state index in [0.29, 0.717) is 42.4 Å². The Balaban J connectivity index is 2.25. The van der Waals surface area contributed by atoms with E-state index in [1.807, 2.05) is 6.92 Å². The Bertz CT molecular complexity index is 500. The second kappa shape index (κ2) is 6.06. The zero-order valence-electron chi connectivity index (χ0n) is 10.6. The maximum atomic E-state index is 12.3. The van der Waals surface area contributed by atoms with Crippen molar-refractivity contribution >= 4 is 16.8 Å². The van der Waals surface area contributed by atoms with Gasteiger partial charge >= 0.3 is 5.97 Å². The lowest BCUT2D eigenvalue weighted by Crippen LogP contribution is -2.25. The van der Waals surface area contributed by atoms with Crippen LogP contribution in [0.25, 0.3) is 0 Å². The summed E-state index contributed by atoms with van der Waals surface area (Å²) < 4.78 is 23.1. The molecule has 1 aromatic carbocycles. The van der Waals surface area contributed by atoms with Crippen molar-refractivity contribution in [1.29, 1.82) is 0 Å². The lowest BCUT2D eigenvalue weighted by atomic mass is 10.2. The number of aliphatic carboxylic acids is 1. The van der Waals surface area contributed by atoms with Crippen LogP contribution in [0.2, 0.25) is 0 Å². The van der Waals surface area contributed by atoms with Gasteiger partial charge in [-0.3, -0.25) is 9.00 Å². The van der Waals surface area contributed by atoms with E-state index in [2.05, 4.69) is 0 Å². The molecule has 1 aliphatic heterocycles. The summed E-state index contributed by atoms with van der Waals surface area (Å²) >= 11 is 0. The van der Waals surface area contributed by atoms with E-state index >= 15 is 0 Å². The molecule has 0 spiro atoms. The number of carbonyl (C=O) groups is 1. The summed E-state index contributed by atoms with van der Waals surface area (Å²) in [6, 6.07) is 4.91. The van der Waals surface area contributed by atoms with E-state index < -0.39 is 22.0 Å². The van der Waals surface area contributed by atoms with E-state index in [4.69, 9.17) is 14.6 Å². The van der Waals surface area contributed by atoms with Crippen molar-refractivity contribution in [3.63, 3.8) is 0 Å². The molecule has 0 radical (unpaired) electrons. The molecule has 1 aliphatic rings. The minimum absolute atomic E-state index is 0.385. The van der Waals surface area contributed by atoms with Crippen LogP contribution in [-0.4, -0.2) is 33.7 Å². The molecule has 2 atom stereocenters. The molecular weight excluding hydrogens is 268 g/mol. The zero-order chi connectivity index (χ0) is 13.8. The molecule has 5 nitrogen and oxygen atoms in total. The second-order valence-corrected chi connectivity index (χ2v) is 5.85. The fourth-order valence-corrected chi connectivity index (χ4v) is 3.28. The van der Waals surface area contributed by atoms with Gasteiger partial charge < -0.3 is 14.6 Å². The van der Waals surface area contributed by atoms with Crippen LogP contribution in [0.1, 0.15) is 19.8 Å². The highest BCUT2D eigenvalue weighted by Crippen LogP contribution is 2.32. The number of ether oxygens (including phenoxy) is 2. The fourth-order valence-electron chi connectivity index (χ4n) is 1.90. The third-order valence-electron chi connectivity index (χ3n) is 2.83. The third kappa shape index (κ3) is 3.07. The summed E-state index contributed by atoms with van der Waals surface area (Å²) in [5.41, 5.74) is 0. The molecule has 0 saturated heterocycles. The Morgan fingerprint density at radius 2 is 2.05 bits per heavy atom. The first-order chi connectivity index (χ1) is 9.13. The summed E-state index contributed by atoms with van der Waals surface area (Å²) in [7, 11) is -1.58. The van der Waals surface area contributed by atoms with E-state index in [0.717, 1.165) is 0 Å². The smallest absolute Gasteiger partial charge is 0.319 e. The van der Waals surface area contributed by atoms with Crippen LogP contribution in [0.5, 0.6) is 11.5 Å². The number of hydrogen-bond donors (Lipinski definition) is 1. The van der Waals surface area contributed by atoms with Crippen molar-refractivity contribution in [3.8, 4) is 11.5 Å². The highest BCUT2D eigenvalue weighted by Gasteiger charge is 2.26. The van der Waals surface area contributed by atoms with Crippen LogP contribution in [0.4, 0.5) is 0 Å². The number of fused-ring (bicyclic) bond motifs is 1. The lowest BCUT2D eigenvalue weighted by molar-refractivity contribution is -0.136. The van der Waals surface area contributed by atoms with Gasteiger partial charge in [-0.15, -0.1) is 0 Å². The minimum Gasteiger partial charge on any atom is -0.486 e. The molecular formula is C13H16O5S. The maximum absolute atomic E-state index is 12.3. The Hall–Kier alpha value is -1.56. The average molecular weight is 284 g/mol. The fraction of sp³-hybridized carbons (Fsp3) is 0.462. The quantitative estimate of drug-likeness (QED) is 0.893. The van der Waals surface area contributed by atoms with E-state index in [1.165, 1.54) is 0 Å². The van der Waals surface area contributed by atoms with Crippen LogP contribution >= 0.6 is 0 Å². The number of rotatable bonds is 5. The van der Waals surface area contributed by atoms with Gasteiger partial charge in [-0.05, 0) is 18.6 Å². The van der Waals surface area contributed by atoms with Crippen LogP contribution in [0.15, 0.2) is 23.1 Å². The number of carboxylic acid groups (broad SMARTS) is 1. The van der Waals surface area contributed by atoms with Gasteiger partial charge in [-0.2, -0.15) is 0 Å². The molecule has 0 fully saturated rings. The van der Waals surface area contributed by atoms with Crippen molar-refractivity contribution in [2.45, 2.75) is 29.9 Å². The maximum Gasteiger partial charge on any atom is 0.319 e. The highest BCUT2D eigenvalue weighted by molar-refractivity contribution is 7.86. The van der Waals surface area contributed by atoms with Crippen molar-refractivity contribution in [3.05, 3.63) is 18.2 Å². The highest BCUT2D eigenvalue weighted by atomic mass is 32.2. The number of benzene rings is 1. The van der Waals surface area contributed by atoms with Crippen LogP contribution in [-0.2, 0) is 15.6 Å². The molecule has 2 rings (SSSR count). The summed E-state index contributed by atoms with van der Waals surface area (Å²) in [6.07, 6.45) is 1.06. The van der Waals surface area contributed by atoms with Gasteiger partial charge in [0.2, 0.25) is 0 Å². The Kier molecular flexibility index (Phi) is 4.42. The molecule has 19 heavy (non-hydrogen) atoms. The second-order valence-electron chi connectivity index (χ2n) is 4.22. The predicted octanol–water partition coefficient (Wildman–Crippen LogP) is 1.82. The first-order valence-corrected chi connectivity index (χ1v) is 7.37. The molecule has 0 amide bonds. The van der Waals surface area contributed by atoms with Gasteiger partial charge in [0.15, 0.2) is 11.5 Å². The normalized spacial score (nSPS) is 16.7. The van der Waals surface area contributed by atoms with Gasteiger partial charge in [-0.25, -0.2) is 0 Å². The Morgan fingerprint density at radius 3 is 2.68 bits per heavy atom. The van der Waals surface area contributed by atoms with Crippen LogP contribution in [0.3, 0.4) is 0 Å². The molecule has 0 aliphatic carbocycles. The van der Waals surface area contributed by atoms with Crippen molar-refractivity contribution in [1.82, 2.24) is 0 Å². The van der Waals surface area contributed by atoms with Crippen molar-refractivity contribution < 1.29 is 23.6 Å². The van der Waals surface area contributed by atoms with E-state index in [9.17, 15) is 9.00 Å². The Morgan fingerprint density at radius 1 is 1.37 bits per heavy atom. The van der Waals surface area contributed by atoms with Crippen molar-refractivity contribution in [2.75, 3.05) is 13.2 Å². The van der Waals surface area contributed by atoms with E-state index in [-0.39, 0.29) is 0 Å². The number of hydrogen-bond acceptors (Lipinski definition) is 4. The molecule has 6 heteroatoms. The van der Waals surface area contributed by atoms with Gasteiger partial charge in [-0.1, -0.05) is 13.3 Å². The summed E-state index contributed by atoms with van der Waals surface area (Å²) in [6.45, 7) is 2.81. The summed E-state index contributed by atoms with van der Waals surface area (Å²) in [5, 5.41) is 8.24. The predicted molar refractivity (Wildman–Crippen MR) is 70.2 cm³/mol. The first-order valence-electron chi connectivity index (χ1n) is 6.16. The lowest BCUT2D eigenvalue weighted by Gasteiger charge is -2.19. The summed E-state index contributed by atoms with van der Waals surface area (Å²) in [5.74, 6) is 0.0992. The SMILES string of the molecule is CCCC(C(=O)O)S(=O)c1ccc2c(c1)OCCO2. The van der Waals surface area contributed by atoms with Crippen LogP contribution < -0.4 is 9.47 Å². The largest absolute Gasteiger partial charge is 0.486 e. The monoisotopic (exact) mass is 284 g/mol. The summed E-state index contributed by atoms with van der Waals surface area (Å²) in [4.78, 5) is 11.6. The average Bonchev–Trinajstić information content (AvgIpc) is 2.43. The molecule has 2 unspecified atom stereocenters. The molecule has 0 bridgehead atoms. The molecule has 0 aromatic heterocycles. The van der Waals surface area contributed by atoms with Crippen LogP contribution in [0, 0.1) is 0 Å². The van der Waals surface area contributed by atoms with Gasteiger partial charge in [0, 0.05) is 11.0 Å². The molecule has 0 saturated carbocycles. The Labute approximate surface area is 114 Å². The van der Waals surface area contributed by atoms with Gasteiger partial charge in [0.25, 0.3) is 0 Å². The standard InChI is InChI=1S/C13H16O5S/c1-2-3-12(13(14)15)19(16)9-4-5-10-11(8-9)18-7-6-17-10/h4-5,8,12H,2-3,6-7H2,1H3,(H,14,15). The molecule has 104 valence electrons. The first kappa shape index (κ1) is 13.9. The van der Waals surface area contributed by atoms with E-state index in [1.54, 1.807) is 18.2 Å². The molecule has 1 heterocycles. The van der Waals surface area contributed by atoms with Crippen molar-refractivity contribution in [2.24, 2.45) is 0 Å². The third-order valence-corrected chi connectivity index (χ3v) is 4.50. The zero-order valence-corrected chi connectivity index (χ0v) is 11.4. The topological polar surface area (TPSA) is 72.8 Å². The number of carboxylic acids is 1. The van der Waals surface area contributed by atoms with Gasteiger partial charge in [0.05, 0.1) is 10.8 Å². The van der Waals surface area contributed by atoms with Gasteiger partial charge in [0.1, 0.15) is 18.5 Å².